The summed E-state index contributed by atoms with van der Waals surface area (Å²) in [6.07, 6.45) is -0.363. The van der Waals surface area contributed by atoms with Crippen molar-refractivity contribution >= 4 is 16.3 Å². The summed E-state index contributed by atoms with van der Waals surface area (Å²) in [6.45, 7) is 3.66. The molecule has 0 aliphatic carbocycles. The number of rotatable bonds is 8. The Bertz CT molecular complexity index is 402. The van der Waals surface area contributed by atoms with E-state index in [2.05, 4.69) is 19.5 Å². The molecule has 1 amide bonds. The first kappa shape index (κ1) is 16.5. The standard InChI is InChI=1S/C8H17N5O4S/c1-7(2)17-8(14)12-18(15,16)11-6-4-3-5-10-13-9/h7,11H,3-6H2,1-2H3,(H,12,14). The molecule has 9 nitrogen and oxygen atoms in total. The van der Waals surface area contributed by atoms with Crippen LogP contribution in [0.1, 0.15) is 26.7 Å². The van der Waals surface area contributed by atoms with Gasteiger partial charge in [-0.15, -0.1) is 0 Å². The van der Waals surface area contributed by atoms with E-state index in [1.54, 1.807) is 18.6 Å². The fraction of sp³-hybridized carbons (Fsp3) is 0.875. The monoisotopic (exact) mass is 279 g/mol. The Labute approximate surface area is 106 Å². The number of hydrogen-bond donors (Lipinski definition) is 2. The molecule has 0 heterocycles. The van der Waals surface area contributed by atoms with Crippen LogP contribution in [0, 0.1) is 0 Å². The van der Waals surface area contributed by atoms with E-state index in [1.807, 2.05) is 0 Å². The SMILES string of the molecule is CC(C)OC(=O)NS(=O)(=O)NCCCCN=[N+]=[N-]. The van der Waals surface area contributed by atoms with Gasteiger partial charge in [-0.3, -0.25) is 0 Å². The van der Waals surface area contributed by atoms with Crippen molar-refractivity contribution in [2.45, 2.75) is 32.8 Å². The van der Waals surface area contributed by atoms with Crippen LogP contribution in [-0.4, -0.2) is 33.7 Å². The van der Waals surface area contributed by atoms with Crippen molar-refractivity contribution < 1.29 is 17.9 Å². The van der Waals surface area contributed by atoms with Crippen molar-refractivity contribution in [3.8, 4) is 0 Å². The van der Waals surface area contributed by atoms with Gasteiger partial charge in [0.15, 0.2) is 0 Å². The maximum absolute atomic E-state index is 11.3. The van der Waals surface area contributed by atoms with E-state index in [-0.39, 0.29) is 6.54 Å². The molecule has 0 atom stereocenters. The highest BCUT2D eigenvalue weighted by Gasteiger charge is 2.15. The number of unbranched alkanes of at least 4 members (excludes halogenated alkanes) is 1. The molecule has 0 saturated carbocycles. The Morgan fingerprint density at radius 3 is 2.67 bits per heavy atom. The third-order valence-corrected chi connectivity index (χ3v) is 2.62. The largest absolute Gasteiger partial charge is 0.446 e. The summed E-state index contributed by atoms with van der Waals surface area (Å²) in [4.78, 5) is 13.6. The lowest BCUT2D eigenvalue weighted by atomic mass is 10.3. The van der Waals surface area contributed by atoms with Gasteiger partial charge in [-0.2, -0.15) is 13.1 Å². The highest BCUT2D eigenvalue weighted by Crippen LogP contribution is 1.92. The number of ether oxygens (including phenoxy) is 1. The quantitative estimate of drug-likeness (QED) is 0.297. The second-order valence-electron chi connectivity index (χ2n) is 3.62. The number of nitrogens with zero attached hydrogens (tertiary/aromatic N) is 3. The zero-order valence-corrected chi connectivity index (χ0v) is 11.1. The van der Waals surface area contributed by atoms with E-state index in [4.69, 9.17) is 5.53 Å². The van der Waals surface area contributed by atoms with Crippen molar-refractivity contribution in [2.24, 2.45) is 5.11 Å². The fourth-order valence-corrected chi connectivity index (χ4v) is 1.70. The van der Waals surface area contributed by atoms with E-state index >= 15 is 0 Å². The van der Waals surface area contributed by atoms with Gasteiger partial charge >= 0.3 is 16.3 Å². The van der Waals surface area contributed by atoms with Crippen LogP contribution in [0.25, 0.3) is 10.4 Å². The van der Waals surface area contributed by atoms with Crippen LogP contribution in [-0.2, 0) is 14.9 Å². The van der Waals surface area contributed by atoms with Gasteiger partial charge in [0.2, 0.25) is 0 Å². The van der Waals surface area contributed by atoms with Crippen molar-refractivity contribution in [1.82, 2.24) is 9.44 Å². The first-order valence-corrected chi connectivity index (χ1v) is 6.84. The molecule has 0 aromatic rings. The summed E-state index contributed by atoms with van der Waals surface area (Å²) in [6, 6.07) is 0. The molecule has 0 rings (SSSR count). The number of carbonyl (C=O) groups excluding carboxylic acids is 1. The summed E-state index contributed by atoms with van der Waals surface area (Å²) in [7, 11) is -3.90. The molecule has 0 fully saturated rings. The van der Waals surface area contributed by atoms with E-state index in [0.717, 1.165) is 0 Å². The number of hydrogen-bond acceptors (Lipinski definition) is 5. The molecule has 18 heavy (non-hydrogen) atoms. The Balaban J connectivity index is 3.87. The van der Waals surface area contributed by atoms with E-state index < -0.39 is 22.4 Å². The molecule has 10 heteroatoms. The lowest BCUT2D eigenvalue weighted by Crippen LogP contribution is -2.41. The summed E-state index contributed by atoms with van der Waals surface area (Å²) in [5.41, 5.74) is 8.01. The Kier molecular flexibility index (Phi) is 7.84. The van der Waals surface area contributed by atoms with Crippen LogP contribution >= 0.6 is 0 Å². The maximum atomic E-state index is 11.3. The lowest BCUT2D eigenvalue weighted by molar-refractivity contribution is 0.121. The van der Waals surface area contributed by atoms with Crippen LogP contribution in [0.3, 0.4) is 0 Å². The Hall–Kier alpha value is -1.51. The minimum Gasteiger partial charge on any atom is -0.446 e. The summed E-state index contributed by atoms with van der Waals surface area (Å²) in [5, 5.41) is 3.30. The molecule has 0 aliphatic rings. The topological polar surface area (TPSA) is 133 Å². The predicted octanol–water partition coefficient (Wildman–Crippen LogP) is 1.05. The molecule has 104 valence electrons. The molecule has 0 aromatic heterocycles. The van der Waals surface area contributed by atoms with Crippen LogP contribution in [0.5, 0.6) is 0 Å². The summed E-state index contributed by atoms with van der Waals surface area (Å²) >= 11 is 0. The van der Waals surface area contributed by atoms with Crippen molar-refractivity contribution in [1.29, 1.82) is 0 Å². The molecule has 0 aliphatic heterocycles. The van der Waals surface area contributed by atoms with Crippen molar-refractivity contribution in [2.75, 3.05) is 13.1 Å². The van der Waals surface area contributed by atoms with Gasteiger partial charge in [-0.1, -0.05) is 5.11 Å². The van der Waals surface area contributed by atoms with Gasteiger partial charge in [0.25, 0.3) is 0 Å². The van der Waals surface area contributed by atoms with Crippen LogP contribution < -0.4 is 9.44 Å². The van der Waals surface area contributed by atoms with Crippen LogP contribution in [0.15, 0.2) is 5.11 Å². The third-order valence-electron chi connectivity index (χ3n) is 1.60. The minimum atomic E-state index is -3.90. The highest BCUT2D eigenvalue weighted by atomic mass is 32.2. The Morgan fingerprint density at radius 1 is 1.44 bits per heavy atom. The molecule has 0 radical (unpaired) electrons. The van der Waals surface area contributed by atoms with Crippen LogP contribution in [0.4, 0.5) is 4.79 Å². The first-order valence-electron chi connectivity index (χ1n) is 5.36. The molecule has 0 saturated heterocycles. The second-order valence-corrected chi connectivity index (χ2v) is 5.12. The maximum Gasteiger partial charge on any atom is 0.422 e. The van der Waals surface area contributed by atoms with Gasteiger partial charge in [0.05, 0.1) is 6.10 Å². The average molecular weight is 279 g/mol. The number of nitrogens with one attached hydrogen (secondary N) is 2. The second kappa shape index (κ2) is 8.56. The van der Waals surface area contributed by atoms with Gasteiger partial charge < -0.3 is 4.74 Å². The minimum absolute atomic E-state index is 0.144. The summed E-state index contributed by atoms with van der Waals surface area (Å²) < 4.78 is 31.1. The first-order chi connectivity index (χ1) is 8.37. The summed E-state index contributed by atoms with van der Waals surface area (Å²) in [5.74, 6) is 0. The zero-order valence-electron chi connectivity index (χ0n) is 10.3. The third kappa shape index (κ3) is 9.70. The smallest absolute Gasteiger partial charge is 0.422 e. The number of azide groups is 1. The van der Waals surface area contributed by atoms with Gasteiger partial charge in [-0.25, -0.2) is 9.52 Å². The molecule has 2 N–H and O–H groups in total. The molecular weight excluding hydrogens is 262 g/mol. The Morgan fingerprint density at radius 2 is 2.11 bits per heavy atom. The van der Waals surface area contributed by atoms with Gasteiger partial charge in [-0.05, 0) is 32.2 Å². The van der Waals surface area contributed by atoms with E-state index in [0.29, 0.717) is 19.4 Å². The highest BCUT2D eigenvalue weighted by molar-refractivity contribution is 7.88. The molecular formula is C8H17N5O4S. The fourth-order valence-electron chi connectivity index (χ4n) is 0.943. The lowest BCUT2D eigenvalue weighted by Gasteiger charge is -2.10. The van der Waals surface area contributed by atoms with E-state index in [1.165, 1.54) is 0 Å². The average Bonchev–Trinajstić information content (AvgIpc) is 2.20. The molecule has 0 aromatic carbocycles. The van der Waals surface area contributed by atoms with Crippen molar-refractivity contribution in [3.63, 3.8) is 0 Å². The van der Waals surface area contributed by atoms with Gasteiger partial charge in [0.1, 0.15) is 0 Å². The van der Waals surface area contributed by atoms with Crippen LogP contribution in [0.2, 0.25) is 0 Å². The van der Waals surface area contributed by atoms with Crippen molar-refractivity contribution in [3.05, 3.63) is 10.4 Å². The van der Waals surface area contributed by atoms with Gasteiger partial charge in [0, 0.05) is 18.0 Å². The number of amides is 1. The van der Waals surface area contributed by atoms with E-state index in [9.17, 15) is 13.2 Å². The number of carbonyl (C=O) groups is 1. The molecule has 0 spiro atoms. The molecule has 0 bridgehead atoms. The predicted molar refractivity (Wildman–Crippen MR) is 64.9 cm³/mol. The molecule has 0 unspecified atom stereocenters. The normalized spacial score (nSPS) is 10.8. The zero-order chi connectivity index (χ0) is 14.0.